The Kier molecular flexibility index (Phi) is 3.67. The van der Waals surface area contributed by atoms with E-state index in [4.69, 9.17) is 0 Å². The zero-order valence-electron chi connectivity index (χ0n) is 12.1. The normalized spacial score (nSPS) is 10.7. The number of aromatic amines is 2. The maximum Gasteiger partial charge on any atom is 0.327 e. The van der Waals surface area contributed by atoms with Crippen LogP contribution in [0.1, 0.15) is 16.1 Å². The van der Waals surface area contributed by atoms with E-state index < -0.39 is 11.2 Å². The van der Waals surface area contributed by atoms with Crippen LogP contribution in [0.4, 0.5) is 0 Å². The fraction of sp³-hybridized carbons (Fsp3) is 0.143. The third kappa shape index (κ3) is 2.98. The first-order valence-corrected chi connectivity index (χ1v) is 6.67. The van der Waals surface area contributed by atoms with Crippen molar-refractivity contribution in [2.45, 2.75) is 6.54 Å². The van der Waals surface area contributed by atoms with Crippen molar-refractivity contribution < 1.29 is 4.79 Å². The van der Waals surface area contributed by atoms with Crippen molar-refractivity contribution in [3.63, 3.8) is 0 Å². The van der Waals surface area contributed by atoms with Gasteiger partial charge < -0.3 is 4.90 Å². The Labute approximate surface area is 129 Å². The van der Waals surface area contributed by atoms with Crippen molar-refractivity contribution >= 4 is 16.9 Å². The first kappa shape index (κ1) is 14.6. The van der Waals surface area contributed by atoms with Gasteiger partial charge in [0.1, 0.15) is 5.65 Å². The van der Waals surface area contributed by atoms with Gasteiger partial charge in [0.25, 0.3) is 11.5 Å². The second kappa shape index (κ2) is 5.79. The van der Waals surface area contributed by atoms with E-state index in [0.29, 0.717) is 5.69 Å². The molecular weight excluding hydrogens is 300 g/mol. The molecule has 0 fully saturated rings. The molecule has 0 aromatic carbocycles. The van der Waals surface area contributed by atoms with Crippen LogP contribution in [0.2, 0.25) is 0 Å². The topological polar surface area (TPSA) is 125 Å². The van der Waals surface area contributed by atoms with Crippen LogP contribution in [-0.2, 0) is 6.54 Å². The van der Waals surface area contributed by atoms with Gasteiger partial charge in [0.05, 0.1) is 29.4 Å². The molecule has 0 spiro atoms. The van der Waals surface area contributed by atoms with Crippen molar-refractivity contribution in [3.8, 4) is 0 Å². The minimum absolute atomic E-state index is 0.131. The number of nitrogens with one attached hydrogen (secondary N) is 2. The number of carbonyl (C=O) groups is 1. The molecule has 0 saturated carbocycles. The van der Waals surface area contributed by atoms with Gasteiger partial charge in [-0.2, -0.15) is 0 Å². The predicted molar refractivity (Wildman–Crippen MR) is 80.8 cm³/mol. The fourth-order valence-corrected chi connectivity index (χ4v) is 2.11. The summed E-state index contributed by atoms with van der Waals surface area (Å²) in [6.45, 7) is 0.271. The first-order valence-electron chi connectivity index (χ1n) is 6.67. The highest BCUT2D eigenvalue weighted by Crippen LogP contribution is 2.09. The van der Waals surface area contributed by atoms with Crippen molar-refractivity contribution in [1.82, 2.24) is 29.8 Å². The predicted octanol–water partition coefficient (Wildman–Crippen LogP) is -0.326. The summed E-state index contributed by atoms with van der Waals surface area (Å²) in [7, 11) is 1.61. The van der Waals surface area contributed by atoms with E-state index in [0.717, 1.165) is 0 Å². The van der Waals surface area contributed by atoms with Gasteiger partial charge in [-0.1, -0.05) is 0 Å². The van der Waals surface area contributed by atoms with E-state index in [2.05, 4.69) is 24.9 Å². The molecule has 0 aliphatic carbocycles. The largest absolute Gasteiger partial charge is 0.336 e. The van der Waals surface area contributed by atoms with E-state index in [1.165, 1.54) is 17.2 Å². The van der Waals surface area contributed by atoms with Gasteiger partial charge in [0, 0.05) is 25.6 Å². The molecule has 9 heteroatoms. The minimum Gasteiger partial charge on any atom is -0.336 e. The van der Waals surface area contributed by atoms with Gasteiger partial charge in [-0.15, -0.1) is 0 Å². The van der Waals surface area contributed by atoms with Gasteiger partial charge in [0.2, 0.25) is 0 Å². The van der Waals surface area contributed by atoms with Crippen LogP contribution in [0.25, 0.3) is 11.0 Å². The number of H-pyrrole nitrogens is 2. The summed E-state index contributed by atoms with van der Waals surface area (Å²) in [5.74, 6) is -0.323. The molecule has 0 radical (unpaired) electrons. The van der Waals surface area contributed by atoms with Gasteiger partial charge in [-0.25, -0.2) is 9.78 Å². The molecule has 1 amide bonds. The zero-order chi connectivity index (χ0) is 16.4. The Hall–Kier alpha value is -3.36. The SMILES string of the molecule is CN(Cc1cnccn1)C(=O)c1cnc2[nH]c(=O)[nH]c(=O)c2c1. The van der Waals surface area contributed by atoms with Crippen molar-refractivity contribution in [2.75, 3.05) is 7.05 Å². The molecule has 116 valence electrons. The molecule has 23 heavy (non-hydrogen) atoms. The van der Waals surface area contributed by atoms with E-state index in [1.54, 1.807) is 25.6 Å². The van der Waals surface area contributed by atoms with Crippen LogP contribution in [0.5, 0.6) is 0 Å². The molecule has 0 aliphatic rings. The van der Waals surface area contributed by atoms with Gasteiger partial charge >= 0.3 is 5.69 Å². The maximum absolute atomic E-state index is 12.4. The van der Waals surface area contributed by atoms with Crippen molar-refractivity contribution in [1.29, 1.82) is 0 Å². The summed E-state index contributed by atoms with van der Waals surface area (Å²) in [6, 6.07) is 1.40. The van der Waals surface area contributed by atoms with E-state index in [1.807, 2.05) is 0 Å². The molecule has 3 aromatic rings. The number of pyridine rings is 1. The van der Waals surface area contributed by atoms with Crippen LogP contribution >= 0.6 is 0 Å². The summed E-state index contributed by atoms with van der Waals surface area (Å²) < 4.78 is 0. The number of aromatic nitrogens is 5. The second-order valence-electron chi connectivity index (χ2n) is 4.89. The number of hydrogen-bond donors (Lipinski definition) is 2. The Morgan fingerprint density at radius 3 is 2.74 bits per heavy atom. The molecule has 0 unspecified atom stereocenters. The molecule has 3 heterocycles. The Morgan fingerprint density at radius 1 is 1.17 bits per heavy atom. The second-order valence-corrected chi connectivity index (χ2v) is 4.89. The monoisotopic (exact) mass is 312 g/mol. The minimum atomic E-state index is -0.645. The summed E-state index contributed by atoms with van der Waals surface area (Å²) in [5, 5.41) is 0.142. The summed E-state index contributed by atoms with van der Waals surface area (Å²) in [5.41, 5.74) is -0.232. The lowest BCUT2D eigenvalue weighted by Gasteiger charge is -2.16. The third-order valence-electron chi connectivity index (χ3n) is 3.20. The summed E-state index contributed by atoms with van der Waals surface area (Å²) in [4.78, 5) is 53.3. The molecule has 0 aliphatic heterocycles. The van der Waals surface area contributed by atoms with Crippen molar-refractivity contribution in [3.05, 3.63) is 62.9 Å². The zero-order valence-corrected chi connectivity index (χ0v) is 12.1. The van der Waals surface area contributed by atoms with E-state index in [-0.39, 0.29) is 29.0 Å². The lowest BCUT2D eigenvalue weighted by Crippen LogP contribution is -2.27. The third-order valence-corrected chi connectivity index (χ3v) is 3.20. The van der Waals surface area contributed by atoms with Gasteiger partial charge in [-0.05, 0) is 6.07 Å². The first-order chi connectivity index (χ1) is 11.0. The molecule has 9 nitrogen and oxygen atoms in total. The molecule has 0 saturated heterocycles. The fourth-order valence-electron chi connectivity index (χ4n) is 2.11. The molecular formula is C14H12N6O3. The standard InChI is InChI=1S/C14H12N6O3/c1-20(7-9-6-15-2-3-16-9)13(22)8-4-10-11(17-5-8)18-14(23)19-12(10)21/h2-6H,7H2,1H3,(H2,17,18,19,21,23). The average molecular weight is 312 g/mol. The quantitative estimate of drug-likeness (QED) is 0.682. The highest BCUT2D eigenvalue weighted by Gasteiger charge is 2.15. The molecule has 3 rings (SSSR count). The summed E-state index contributed by atoms with van der Waals surface area (Å²) >= 11 is 0. The smallest absolute Gasteiger partial charge is 0.327 e. The van der Waals surface area contributed by atoms with E-state index >= 15 is 0 Å². The number of hydrogen-bond acceptors (Lipinski definition) is 6. The van der Waals surface area contributed by atoms with Crippen LogP contribution in [0, 0.1) is 0 Å². The summed E-state index contributed by atoms with van der Waals surface area (Å²) in [6.07, 6.45) is 5.97. The van der Waals surface area contributed by atoms with Gasteiger partial charge in [0.15, 0.2) is 0 Å². The maximum atomic E-state index is 12.4. The Bertz CT molecular complexity index is 979. The highest BCUT2D eigenvalue weighted by atomic mass is 16.2. The Morgan fingerprint density at radius 2 is 2.00 bits per heavy atom. The van der Waals surface area contributed by atoms with Crippen molar-refractivity contribution in [2.24, 2.45) is 0 Å². The number of amides is 1. The Balaban J connectivity index is 1.91. The van der Waals surface area contributed by atoms with Crippen LogP contribution in [0.3, 0.4) is 0 Å². The van der Waals surface area contributed by atoms with Crippen LogP contribution in [0.15, 0.2) is 40.4 Å². The molecule has 2 N–H and O–H groups in total. The molecule has 0 atom stereocenters. The lowest BCUT2D eigenvalue weighted by atomic mass is 10.2. The number of fused-ring (bicyclic) bond motifs is 1. The lowest BCUT2D eigenvalue weighted by molar-refractivity contribution is 0.0783. The van der Waals surface area contributed by atoms with E-state index in [9.17, 15) is 14.4 Å². The average Bonchev–Trinajstić information content (AvgIpc) is 2.54. The van der Waals surface area contributed by atoms with Gasteiger partial charge in [-0.3, -0.25) is 29.5 Å². The van der Waals surface area contributed by atoms with Crippen LogP contribution in [-0.4, -0.2) is 42.8 Å². The number of nitrogens with zero attached hydrogens (tertiary/aromatic N) is 4. The number of rotatable bonds is 3. The highest BCUT2D eigenvalue weighted by molar-refractivity contribution is 5.96. The van der Waals surface area contributed by atoms with Crippen LogP contribution < -0.4 is 11.2 Å². The molecule has 0 bridgehead atoms. The molecule has 3 aromatic heterocycles. The number of carbonyl (C=O) groups excluding carboxylic acids is 1.